The van der Waals surface area contributed by atoms with Crippen molar-refractivity contribution >= 4 is 23.7 Å². The number of carbonyl (C=O) groups is 3. The van der Waals surface area contributed by atoms with Crippen LogP contribution in [-0.2, 0) is 4.79 Å². The van der Waals surface area contributed by atoms with Crippen LogP contribution in [0.5, 0.6) is 0 Å². The molecule has 1 aromatic heterocycles. The van der Waals surface area contributed by atoms with Crippen LogP contribution in [0.15, 0.2) is 12.4 Å². The van der Waals surface area contributed by atoms with Crippen LogP contribution in [0.4, 0.5) is 10.6 Å². The van der Waals surface area contributed by atoms with Crippen molar-refractivity contribution in [3.63, 3.8) is 0 Å². The minimum atomic E-state index is -0.384. The predicted molar refractivity (Wildman–Crippen MR) is 106 cm³/mol. The lowest BCUT2D eigenvalue weighted by atomic mass is 10.0. The van der Waals surface area contributed by atoms with Gasteiger partial charge in [-0.3, -0.25) is 9.59 Å². The van der Waals surface area contributed by atoms with E-state index in [2.05, 4.69) is 25.9 Å². The molecule has 154 valence electrons. The van der Waals surface area contributed by atoms with E-state index in [4.69, 9.17) is 0 Å². The van der Waals surface area contributed by atoms with Crippen molar-refractivity contribution in [3.05, 3.63) is 18.1 Å². The van der Waals surface area contributed by atoms with Crippen molar-refractivity contribution in [1.82, 2.24) is 25.5 Å². The maximum atomic E-state index is 12.6. The average molecular weight is 390 g/mol. The summed E-state index contributed by atoms with van der Waals surface area (Å²) in [5, 5.41) is 8.52. The summed E-state index contributed by atoms with van der Waals surface area (Å²) in [6.07, 6.45) is 4.15. The number of nitrogens with one attached hydrogen (secondary N) is 3. The number of hydrogen-bond donors (Lipinski definition) is 3. The second kappa shape index (κ2) is 8.99. The highest BCUT2D eigenvalue weighted by atomic mass is 16.2. The number of aromatic nitrogens is 2. The SMILES string of the molecule is CC(C)C(=O)Nc1nccnc1C(=O)NC1CCN(C(=O)NC(C)(C)C)CC1. The Labute approximate surface area is 165 Å². The first kappa shape index (κ1) is 21.6. The van der Waals surface area contributed by atoms with Gasteiger partial charge in [0.05, 0.1) is 0 Å². The summed E-state index contributed by atoms with van der Waals surface area (Å²) in [5.41, 5.74) is -0.199. The van der Waals surface area contributed by atoms with Crippen LogP contribution in [0.1, 0.15) is 57.9 Å². The van der Waals surface area contributed by atoms with Crippen LogP contribution in [0.25, 0.3) is 0 Å². The number of rotatable bonds is 4. The van der Waals surface area contributed by atoms with Gasteiger partial charge in [0.15, 0.2) is 11.5 Å². The van der Waals surface area contributed by atoms with E-state index >= 15 is 0 Å². The summed E-state index contributed by atoms with van der Waals surface area (Å²) in [7, 11) is 0. The second-order valence-corrected chi connectivity index (χ2v) is 8.31. The molecule has 1 aromatic rings. The van der Waals surface area contributed by atoms with Gasteiger partial charge in [0, 0.05) is 43.0 Å². The van der Waals surface area contributed by atoms with Crippen molar-refractivity contribution in [2.45, 2.75) is 59.0 Å². The molecule has 0 bridgehead atoms. The van der Waals surface area contributed by atoms with Crippen LogP contribution in [0.2, 0.25) is 0 Å². The Bertz CT molecular complexity index is 721. The molecular weight excluding hydrogens is 360 g/mol. The molecule has 28 heavy (non-hydrogen) atoms. The molecule has 1 aliphatic heterocycles. The van der Waals surface area contributed by atoms with Gasteiger partial charge in [-0.15, -0.1) is 0 Å². The molecule has 0 aromatic carbocycles. The van der Waals surface area contributed by atoms with Crippen LogP contribution >= 0.6 is 0 Å². The van der Waals surface area contributed by atoms with Gasteiger partial charge in [0.2, 0.25) is 5.91 Å². The fourth-order valence-corrected chi connectivity index (χ4v) is 2.74. The fraction of sp³-hybridized carbons (Fsp3) is 0.632. The number of urea groups is 1. The summed E-state index contributed by atoms with van der Waals surface area (Å²) in [4.78, 5) is 46.7. The van der Waals surface area contributed by atoms with Crippen molar-refractivity contribution in [2.75, 3.05) is 18.4 Å². The van der Waals surface area contributed by atoms with Crippen molar-refractivity contribution in [2.24, 2.45) is 5.92 Å². The Morgan fingerprint density at radius 2 is 1.71 bits per heavy atom. The number of carbonyl (C=O) groups excluding carboxylic acids is 3. The summed E-state index contributed by atoms with van der Waals surface area (Å²) in [5.74, 6) is -0.695. The molecule has 0 aliphatic carbocycles. The van der Waals surface area contributed by atoms with E-state index in [9.17, 15) is 14.4 Å². The van der Waals surface area contributed by atoms with E-state index < -0.39 is 0 Å². The number of piperidine rings is 1. The van der Waals surface area contributed by atoms with Gasteiger partial charge in [-0.25, -0.2) is 14.8 Å². The topological polar surface area (TPSA) is 116 Å². The third-order valence-electron chi connectivity index (χ3n) is 4.28. The first-order chi connectivity index (χ1) is 13.1. The molecule has 3 N–H and O–H groups in total. The zero-order valence-corrected chi connectivity index (χ0v) is 17.2. The van der Waals surface area contributed by atoms with E-state index in [0.717, 1.165) is 0 Å². The van der Waals surface area contributed by atoms with Crippen LogP contribution in [0, 0.1) is 5.92 Å². The molecule has 9 nitrogen and oxygen atoms in total. The monoisotopic (exact) mass is 390 g/mol. The Balaban J connectivity index is 1.93. The number of nitrogens with zero attached hydrogens (tertiary/aromatic N) is 3. The third kappa shape index (κ3) is 6.17. The Hall–Kier alpha value is -2.71. The van der Waals surface area contributed by atoms with Crippen molar-refractivity contribution < 1.29 is 14.4 Å². The second-order valence-electron chi connectivity index (χ2n) is 8.31. The average Bonchev–Trinajstić information content (AvgIpc) is 2.61. The molecule has 1 saturated heterocycles. The normalized spacial score (nSPS) is 15.3. The Morgan fingerprint density at radius 3 is 2.29 bits per heavy atom. The molecule has 0 unspecified atom stereocenters. The van der Waals surface area contributed by atoms with Crippen LogP contribution in [-0.4, -0.2) is 57.4 Å². The number of amides is 4. The summed E-state index contributed by atoms with van der Waals surface area (Å²) >= 11 is 0. The molecule has 9 heteroatoms. The van der Waals surface area contributed by atoms with Gasteiger partial charge in [-0.05, 0) is 33.6 Å². The molecule has 1 aliphatic rings. The Morgan fingerprint density at radius 1 is 1.11 bits per heavy atom. The Kier molecular flexibility index (Phi) is 6.93. The summed E-state index contributed by atoms with van der Waals surface area (Å²) in [6, 6.07) is -0.160. The van der Waals surface area contributed by atoms with E-state index in [-0.39, 0.29) is 46.9 Å². The van der Waals surface area contributed by atoms with Gasteiger partial charge in [0.25, 0.3) is 5.91 Å². The van der Waals surface area contributed by atoms with Gasteiger partial charge in [-0.2, -0.15) is 0 Å². The molecule has 0 spiro atoms. The standard InChI is InChI=1S/C19H30N6O3/c1-12(2)16(26)23-15-14(20-8-9-21-15)17(27)22-13-6-10-25(11-7-13)18(28)24-19(3,4)5/h8-9,12-13H,6-7,10-11H2,1-5H3,(H,22,27)(H,24,28)(H,21,23,26). The van der Waals surface area contributed by atoms with Crippen molar-refractivity contribution in [1.29, 1.82) is 0 Å². The number of anilines is 1. The smallest absolute Gasteiger partial charge is 0.317 e. The van der Waals surface area contributed by atoms with Crippen LogP contribution in [0.3, 0.4) is 0 Å². The quantitative estimate of drug-likeness (QED) is 0.724. The fourth-order valence-electron chi connectivity index (χ4n) is 2.74. The number of likely N-dealkylation sites (tertiary alicyclic amines) is 1. The van der Waals surface area contributed by atoms with Gasteiger partial charge in [0.1, 0.15) is 0 Å². The first-order valence-electron chi connectivity index (χ1n) is 9.56. The molecule has 1 fully saturated rings. The maximum absolute atomic E-state index is 12.6. The minimum absolute atomic E-state index is 0.0677. The lowest BCUT2D eigenvalue weighted by molar-refractivity contribution is -0.118. The summed E-state index contributed by atoms with van der Waals surface area (Å²) in [6.45, 7) is 10.5. The van der Waals surface area contributed by atoms with Gasteiger partial charge in [-0.1, -0.05) is 13.8 Å². The third-order valence-corrected chi connectivity index (χ3v) is 4.28. The van der Waals surface area contributed by atoms with Gasteiger partial charge >= 0.3 is 6.03 Å². The molecular formula is C19H30N6O3. The van der Waals surface area contributed by atoms with E-state index in [0.29, 0.717) is 25.9 Å². The largest absolute Gasteiger partial charge is 0.348 e. The highest BCUT2D eigenvalue weighted by Crippen LogP contribution is 2.15. The number of hydrogen-bond acceptors (Lipinski definition) is 5. The zero-order valence-electron chi connectivity index (χ0n) is 17.2. The van der Waals surface area contributed by atoms with Crippen molar-refractivity contribution in [3.8, 4) is 0 Å². The van der Waals surface area contributed by atoms with E-state index in [1.54, 1.807) is 18.7 Å². The molecule has 0 radical (unpaired) electrons. The molecule has 0 saturated carbocycles. The zero-order chi connectivity index (χ0) is 20.9. The summed E-state index contributed by atoms with van der Waals surface area (Å²) < 4.78 is 0. The highest BCUT2D eigenvalue weighted by Gasteiger charge is 2.27. The maximum Gasteiger partial charge on any atom is 0.317 e. The first-order valence-corrected chi connectivity index (χ1v) is 9.56. The van der Waals surface area contributed by atoms with Crippen LogP contribution < -0.4 is 16.0 Å². The highest BCUT2D eigenvalue weighted by molar-refractivity contribution is 6.01. The molecule has 4 amide bonds. The van der Waals surface area contributed by atoms with E-state index in [1.165, 1.54) is 12.4 Å². The minimum Gasteiger partial charge on any atom is -0.348 e. The van der Waals surface area contributed by atoms with Gasteiger partial charge < -0.3 is 20.9 Å². The predicted octanol–water partition coefficient (Wildman–Crippen LogP) is 1.77. The lowest BCUT2D eigenvalue weighted by Gasteiger charge is -2.34. The lowest BCUT2D eigenvalue weighted by Crippen LogP contribution is -2.53. The molecule has 0 atom stereocenters. The molecule has 2 rings (SSSR count). The molecule has 2 heterocycles. The van der Waals surface area contributed by atoms with E-state index in [1.807, 2.05) is 20.8 Å².